The summed E-state index contributed by atoms with van der Waals surface area (Å²) in [5.41, 5.74) is 0.569. The molecule has 146 valence electrons. The van der Waals surface area contributed by atoms with E-state index >= 15 is 0 Å². The van der Waals surface area contributed by atoms with E-state index in [9.17, 15) is 18.0 Å². The highest BCUT2D eigenvalue weighted by molar-refractivity contribution is 5.81. The quantitative estimate of drug-likeness (QED) is 0.360. The van der Waals surface area contributed by atoms with E-state index in [1.54, 1.807) is 0 Å². The van der Waals surface area contributed by atoms with Gasteiger partial charge in [0.05, 0.1) is 0 Å². The number of hydrogen-bond donors (Lipinski definition) is 0. The Morgan fingerprint density at radius 1 is 0.962 bits per heavy atom. The third-order valence-corrected chi connectivity index (χ3v) is 6.08. The molecule has 0 heterocycles. The van der Waals surface area contributed by atoms with Crippen LogP contribution in [0.3, 0.4) is 0 Å². The molecule has 0 aromatic heterocycles. The van der Waals surface area contributed by atoms with Crippen molar-refractivity contribution in [3.05, 3.63) is 47.8 Å². The number of ether oxygens (including phenoxy) is 1. The summed E-state index contributed by atoms with van der Waals surface area (Å²) < 4.78 is 45.4. The van der Waals surface area contributed by atoms with E-state index in [2.05, 4.69) is 6.58 Å². The van der Waals surface area contributed by atoms with Crippen molar-refractivity contribution in [1.29, 1.82) is 0 Å². The second kappa shape index (κ2) is 8.28. The van der Waals surface area contributed by atoms with Crippen LogP contribution in [0.25, 0.3) is 0 Å². The van der Waals surface area contributed by atoms with E-state index in [1.165, 1.54) is 6.08 Å². The van der Waals surface area contributed by atoms with Crippen molar-refractivity contribution >= 4 is 5.97 Å². The first-order valence-electron chi connectivity index (χ1n) is 9.45. The standard InChI is InChI=1S/C21H25F3O2.2H2/c1-2-20(25)26-17-9-7-14(8-10-17)13-3-5-15(6-4-13)16-11-18(22)21(24)19(23)12-16;;/h2,11-15,17H,1,3-10H2;2*1H. The minimum Gasteiger partial charge on any atom is -0.459 e. The van der Waals surface area contributed by atoms with Gasteiger partial charge in [0.2, 0.25) is 0 Å². The zero-order chi connectivity index (χ0) is 18.7. The van der Waals surface area contributed by atoms with Gasteiger partial charge in [0.15, 0.2) is 17.5 Å². The topological polar surface area (TPSA) is 26.3 Å². The third kappa shape index (κ3) is 4.30. The molecule has 1 aromatic rings. The van der Waals surface area contributed by atoms with Gasteiger partial charge in [0, 0.05) is 8.93 Å². The fourth-order valence-electron chi connectivity index (χ4n) is 4.63. The highest BCUT2D eigenvalue weighted by Crippen LogP contribution is 2.43. The smallest absolute Gasteiger partial charge is 0.330 e. The Morgan fingerprint density at radius 2 is 1.46 bits per heavy atom. The van der Waals surface area contributed by atoms with Crippen molar-refractivity contribution in [2.75, 3.05) is 0 Å². The lowest BCUT2D eigenvalue weighted by molar-refractivity contribution is -0.145. The van der Waals surface area contributed by atoms with Gasteiger partial charge in [-0.3, -0.25) is 0 Å². The van der Waals surface area contributed by atoms with E-state index in [4.69, 9.17) is 4.74 Å². The fourth-order valence-corrected chi connectivity index (χ4v) is 4.63. The molecule has 2 aliphatic rings. The van der Waals surface area contributed by atoms with Crippen LogP contribution in [-0.4, -0.2) is 12.1 Å². The zero-order valence-electron chi connectivity index (χ0n) is 14.9. The van der Waals surface area contributed by atoms with Crippen LogP contribution in [0.2, 0.25) is 0 Å². The minimum atomic E-state index is -1.39. The van der Waals surface area contributed by atoms with Gasteiger partial charge in [0.25, 0.3) is 0 Å². The summed E-state index contributed by atoms with van der Waals surface area (Å²) in [6, 6.07) is 2.28. The molecule has 26 heavy (non-hydrogen) atoms. The van der Waals surface area contributed by atoms with Crippen LogP contribution in [0.1, 0.15) is 65.7 Å². The van der Waals surface area contributed by atoms with Crippen LogP contribution in [0, 0.1) is 29.3 Å². The first-order valence-corrected chi connectivity index (χ1v) is 9.45. The van der Waals surface area contributed by atoms with Crippen LogP contribution in [-0.2, 0) is 9.53 Å². The van der Waals surface area contributed by atoms with Crippen molar-refractivity contribution in [3.8, 4) is 0 Å². The average molecular weight is 370 g/mol. The Hall–Kier alpha value is -1.78. The molecule has 0 N–H and O–H groups in total. The van der Waals surface area contributed by atoms with E-state index in [1.807, 2.05) is 0 Å². The lowest BCUT2D eigenvalue weighted by atomic mass is 9.69. The number of carbonyl (C=O) groups excluding carboxylic acids is 1. The Labute approximate surface area is 155 Å². The molecule has 1 aromatic carbocycles. The van der Waals surface area contributed by atoms with Crippen molar-refractivity contribution in [3.63, 3.8) is 0 Å². The molecular formula is C21H29F3O2. The maximum Gasteiger partial charge on any atom is 0.330 e. The molecule has 0 unspecified atom stereocenters. The number of hydrogen-bond acceptors (Lipinski definition) is 2. The molecule has 0 amide bonds. The SMILES string of the molecule is C=CC(=O)OC1CCC(C2CCC(c3cc(F)c(F)c(F)c3)CC2)CC1.[HH].[HH]. The Morgan fingerprint density at radius 3 is 1.96 bits per heavy atom. The molecule has 2 fully saturated rings. The second-order valence-electron chi connectivity index (χ2n) is 7.59. The van der Waals surface area contributed by atoms with Crippen LogP contribution in [0.5, 0.6) is 0 Å². The molecule has 3 rings (SSSR count). The molecule has 2 aliphatic carbocycles. The first kappa shape index (κ1) is 19.0. The molecule has 0 radical (unpaired) electrons. The van der Waals surface area contributed by atoms with E-state index < -0.39 is 17.5 Å². The molecule has 2 nitrogen and oxygen atoms in total. The normalized spacial score (nSPS) is 29.2. The Kier molecular flexibility index (Phi) is 6.05. The molecule has 5 heteroatoms. The maximum atomic E-state index is 13.5. The van der Waals surface area contributed by atoms with Gasteiger partial charge in [-0.1, -0.05) is 6.58 Å². The largest absolute Gasteiger partial charge is 0.459 e. The molecule has 0 saturated heterocycles. The summed E-state index contributed by atoms with van der Waals surface area (Å²) >= 11 is 0. The van der Waals surface area contributed by atoms with Gasteiger partial charge in [-0.15, -0.1) is 0 Å². The van der Waals surface area contributed by atoms with Gasteiger partial charge in [0.1, 0.15) is 6.10 Å². The summed E-state index contributed by atoms with van der Waals surface area (Å²) in [5.74, 6) is -2.62. The summed E-state index contributed by atoms with van der Waals surface area (Å²) in [7, 11) is 0. The van der Waals surface area contributed by atoms with E-state index in [-0.39, 0.29) is 20.8 Å². The van der Waals surface area contributed by atoms with Crippen LogP contribution >= 0.6 is 0 Å². The maximum absolute atomic E-state index is 13.5. The second-order valence-corrected chi connectivity index (χ2v) is 7.59. The average Bonchev–Trinajstić information content (AvgIpc) is 2.66. The van der Waals surface area contributed by atoms with Crippen LogP contribution < -0.4 is 0 Å². The molecule has 0 aliphatic heterocycles. The molecule has 0 spiro atoms. The van der Waals surface area contributed by atoms with Gasteiger partial charge in [-0.05, 0) is 86.8 Å². The number of rotatable bonds is 4. The number of carbonyl (C=O) groups is 1. The predicted molar refractivity (Wildman–Crippen MR) is 97.3 cm³/mol. The number of benzene rings is 1. The van der Waals surface area contributed by atoms with Gasteiger partial charge in [-0.2, -0.15) is 0 Å². The number of esters is 1. The first-order chi connectivity index (χ1) is 12.5. The summed E-state index contributed by atoms with van der Waals surface area (Å²) in [4.78, 5) is 11.3. The zero-order valence-corrected chi connectivity index (χ0v) is 14.9. The lowest BCUT2D eigenvalue weighted by Crippen LogP contribution is -2.29. The lowest BCUT2D eigenvalue weighted by Gasteiger charge is -2.37. The summed E-state index contributed by atoms with van der Waals surface area (Å²) in [6.45, 7) is 3.42. The predicted octanol–water partition coefficient (Wildman–Crippen LogP) is 6.16. The molecule has 0 bridgehead atoms. The fraction of sp³-hybridized carbons (Fsp3) is 0.571. The molecular weight excluding hydrogens is 341 g/mol. The van der Waals surface area contributed by atoms with Gasteiger partial charge >= 0.3 is 5.97 Å². The van der Waals surface area contributed by atoms with Crippen molar-refractivity contribution in [2.24, 2.45) is 11.8 Å². The highest BCUT2D eigenvalue weighted by Gasteiger charge is 2.32. The van der Waals surface area contributed by atoms with Crippen molar-refractivity contribution < 1.29 is 25.6 Å². The van der Waals surface area contributed by atoms with Crippen LogP contribution in [0.4, 0.5) is 13.2 Å². The van der Waals surface area contributed by atoms with Gasteiger partial charge < -0.3 is 4.74 Å². The van der Waals surface area contributed by atoms with Crippen molar-refractivity contribution in [1.82, 2.24) is 0 Å². The Bertz CT molecular complexity index is 645. The highest BCUT2D eigenvalue weighted by atomic mass is 19.2. The molecule has 0 atom stereocenters. The molecule has 2 saturated carbocycles. The van der Waals surface area contributed by atoms with E-state index in [0.717, 1.165) is 63.5 Å². The van der Waals surface area contributed by atoms with Crippen LogP contribution in [0.15, 0.2) is 24.8 Å². The Balaban J connectivity index is 0.00000196. The third-order valence-electron chi connectivity index (χ3n) is 6.08. The summed E-state index contributed by atoms with van der Waals surface area (Å²) in [6.07, 6.45) is 8.86. The van der Waals surface area contributed by atoms with E-state index in [0.29, 0.717) is 17.4 Å². The number of halogens is 3. The monoisotopic (exact) mass is 370 g/mol. The van der Waals surface area contributed by atoms with Crippen molar-refractivity contribution in [2.45, 2.75) is 63.4 Å². The summed E-state index contributed by atoms with van der Waals surface area (Å²) in [5, 5.41) is 0. The minimum absolute atomic E-state index is 0. The van der Waals surface area contributed by atoms with Gasteiger partial charge in [-0.25, -0.2) is 18.0 Å².